The number of aliphatic hydroxyl groups excluding tert-OH is 1. The number of aliphatic hydroxyl groups is 1. The summed E-state index contributed by atoms with van der Waals surface area (Å²) in [5, 5.41) is 34.0. The van der Waals surface area contributed by atoms with E-state index in [0.29, 0.717) is 73.5 Å². The summed E-state index contributed by atoms with van der Waals surface area (Å²) in [6, 6.07) is 18.0. The van der Waals surface area contributed by atoms with Crippen LogP contribution in [0.5, 0.6) is 0 Å². The number of nitrogens with zero attached hydrogens (tertiary/aromatic N) is 5. The molecule has 19 heteroatoms. The van der Waals surface area contributed by atoms with Gasteiger partial charge in [-0.3, -0.25) is 29.4 Å². The molecule has 6 N–H and O–H groups in total. The van der Waals surface area contributed by atoms with E-state index in [0.717, 1.165) is 16.0 Å². The Balaban J connectivity index is 0.820. The molecule has 1 unspecified atom stereocenters. The Kier molecular flexibility index (Phi) is 12.0. The number of piperidine rings is 1. The number of esters is 1. The zero-order valence-electron chi connectivity index (χ0n) is 33.9. The van der Waals surface area contributed by atoms with E-state index in [9.17, 15) is 29.1 Å². The fourth-order valence-electron chi connectivity index (χ4n) is 7.44. The van der Waals surface area contributed by atoms with Crippen molar-refractivity contribution in [2.24, 2.45) is 0 Å². The van der Waals surface area contributed by atoms with Crippen LogP contribution in [0.2, 0.25) is 0 Å². The Hall–Kier alpha value is -7.09. The van der Waals surface area contributed by atoms with Crippen LogP contribution in [-0.4, -0.2) is 105 Å². The lowest BCUT2D eigenvalue weighted by molar-refractivity contribution is -0.136. The smallest absolute Gasteiger partial charge is 0.339 e. The maximum atomic E-state index is 13.1. The first-order chi connectivity index (χ1) is 30.0. The summed E-state index contributed by atoms with van der Waals surface area (Å²) in [4.78, 5) is 72.4. The largest absolute Gasteiger partial charge is 0.451 e. The lowest BCUT2D eigenvalue weighted by Gasteiger charge is -2.27. The van der Waals surface area contributed by atoms with Gasteiger partial charge in [0.15, 0.2) is 0 Å². The molecular weight excluding hydrogens is 801 g/mol. The van der Waals surface area contributed by atoms with Gasteiger partial charge in [0, 0.05) is 55.6 Å². The Labute approximate surface area is 355 Å². The number of ether oxygens (including phenoxy) is 2. The molecule has 1 saturated heterocycles. The molecule has 0 radical (unpaired) electrons. The van der Waals surface area contributed by atoms with Crippen LogP contribution in [0.25, 0.3) is 11.5 Å². The van der Waals surface area contributed by atoms with Gasteiger partial charge >= 0.3 is 5.97 Å². The van der Waals surface area contributed by atoms with Crippen LogP contribution in [0.1, 0.15) is 80.8 Å². The van der Waals surface area contributed by atoms with Crippen molar-refractivity contribution in [1.82, 2.24) is 35.7 Å². The number of nitrogens with one attached hydrogen (secondary N) is 5. The summed E-state index contributed by atoms with van der Waals surface area (Å²) in [5.74, 6) is -1.39. The predicted molar refractivity (Wildman–Crippen MR) is 222 cm³/mol. The van der Waals surface area contributed by atoms with E-state index >= 15 is 0 Å². The van der Waals surface area contributed by atoms with E-state index in [4.69, 9.17) is 18.9 Å². The highest BCUT2D eigenvalue weighted by Gasteiger charge is 2.44. The van der Waals surface area contributed by atoms with Crippen molar-refractivity contribution in [1.29, 1.82) is 0 Å². The van der Waals surface area contributed by atoms with Gasteiger partial charge in [-0.05, 0) is 62.2 Å². The van der Waals surface area contributed by atoms with Gasteiger partial charge < -0.3 is 40.3 Å². The molecule has 0 aliphatic carbocycles. The van der Waals surface area contributed by atoms with Crippen molar-refractivity contribution in [2.45, 2.75) is 50.8 Å². The van der Waals surface area contributed by atoms with Crippen molar-refractivity contribution in [3.63, 3.8) is 0 Å². The topological polar surface area (TPSA) is 252 Å². The first-order valence-corrected chi connectivity index (χ1v) is 20.1. The van der Waals surface area contributed by atoms with Gasteiger partial charge in [-0.25, -0.2) is 9.78 Å². The molecule has 5 aromatic rings. The first kappa shape index (κ1) is 41.6. The molecule has 0 saturated carbocycles. The standard InChI is InChI=1S/C43H44N10O9/c1-43(2)31-21-26(9-11-28(31)41(59)62-43)47-42-46-22-30(36(50-42)48-32(23-54)24-6-4-3-5-7-24)38-52-51-35(61-38)14-15-44-16-18-60-19-17-45-25-8-10-27-29(20-25)40(58)53(39(27)57)33-12-13-34(55)49-37(33)56/h3-11,20-22,32-33,44-45,54H,12-19,23H2,1-2H3,(H,49,55,56)(H2,46,47,48,50)/t32-,33?/m1/s1. The van der Waals surface area contributed by atoms with Crippen LogP contribution >= 0.6 is 0 Å². The number of rotatable bonds is 18. The number of imide groups is 2. The van der Waals surface area contributed by atoms with Crippen LogP contribution in [0.3, 0.4) is 0 Å². The van der Waals surface area contributed by atoms with Gasteiger partial charge in [0.05, 0.1) is 48.1 Å². The van der Waals surface area contributed by atoms with Gasteiger partial charge in [-0.15, -0.1) is 10.2 Å². The molecule has 4 amide bonds. The van der Waals surface area contributed by atoms with E-state index in [-0.39, 0.29) is 48.4 Å². The third kappa shape index (κ3) is 8.85. The number of benzene rings is 3. The Morgan fingerprint density at radius 3 is 2.48 bits per heavy atom. The SMILES string of the molecule is CC1(C)OC(=O)c2ccc(Nc3ncc(-c4nnc(CCNCCOCCNc5ccc6c(c5)C(=O)N(C5CCC(=O)NC5=O)C6=O)o4)c(N[C@H](CO)c4ccccc4)n3)cc21. The van der Waals surface area contributed by atoms with Crippen molar-refractivity contribution in [3.8, 4) is 11.5 Å². The van der Waals surface area contributed by atoms with Gasteiger partial charge in [0.2, 0.25) is 23.7 Å². The summed E-state index contributed by atoms with van der Waals surface area (Å²) >= 11 is 0. The van der Waals surface area contributed by atoms with Crippen molar-refractivity contribution >= 4 is 52.7 Å². The number of cyclic esters (lactones) is 1. The predicted octanol–water partition coefficient (Wildman–Crippen LogP) is 3.48. The fourth-order valence-corrected chi connectivity index (χ4v) is 7.44. The summed E-state index contributed by atoms with van der Waals surface area (Å²) in [6.45, 7) is 5.75. The van der Waals surface area contributed by atoms with Gasteiger partial charge in [-0.2, -0.15) is 4.98 Å². The number of anilines is 4. The third-order valence-corrected chi connectivity index (χ3v) is 10.6. The minimum atomic E-state index is -1.02. The molecule has 19 nitrogen and oxygen atoms in total. The van der Waals surface area contributed by atoms with Crippen LogP contribution < -0.4 is 26.6 Å². The van der Waals surface area contributed by atoms with E-state index in [1.165, 1.54) is 0 Å². The number of fused-ring (bicyclic) bond motifs is 2. The molecule has 2 aromatic heterocycles. The maximum Gasteiger partial charge on any atom is 0.339 e. The van der Waals surface area contributed by atoms with Gasteiger partial charge in [0.1, 0.15) is 17.5 Å². The second-order valence-electron chi connectivity index (χ2n) is 15.3. The summed E-state index contributed by atoms with van der Waals surface area (Å²) in [7, 11) is 0. The number of aromatic nitrogens is 4. The van der Waals surface area contributed by atoms with Crippen LogP contribution in [0.15, 0.2) is 77.3 Å². The molecule has 3 aliphatic heterocycles. The van der Waals surface area contributed by atoms with Crippen molar-refractivity contribution in [2.75, 3.05) is 55.4 Å². The maximum absolute atomic E-state index is 13.1. The Morgan fingerprint density at radius 2 is 1.68 bits per heavy atom. The van der Waals surface area contributed by atoms with E-state index < -0.39 is 41.3 Å². The molecule has 3 aromatic carbocycles. The van der Waals surface area contributed by atoms with Gasteiger partial charge in [-0.1, -0.05) is 30.3 Å². The molecular formula is C43H44N10O9. The first-order valence-electron chi connectivity index (χ1n) is 20.1. The van der Waals surface area contributed by atoms with Crippen molar-refractivity contribution in [3.05, 3.63) is 107 Å². The van der Waals surface area contributed by atoms with E-state index in [2.05, 4.69) is 41.8 Å². The molecule has 0 bridgehead atoms. The number of hydrogen-bond donors (Lipinski definition) is 6. The number of carbonyl (C=O) groups is 5. The zero-order chi connectivity index (χ0) is 43.4. The van der Waals surface area contributed by atoms with Crippen LogP contribution in [-0.2, 0) is 31.1 Å². The number of carbonyl (C=O) groups excluding carboxylic acids is 5. The van der Waals surface area contributed by atoms with Gasteiger partial charge in [0.25, 0.3) is 17.7 Å². The highest BCUT2D eigenvalue weighted by molar-refractivity contribution is 6.23. The molecule has 2 atom stereocenters. The molecule has 62 heavy (non-hydrogen) atoms. The second-order valence-corrected chi connectivity index (χ2v) is 15.3. The van der Waals surface area contributed by atoms with Crippen molar-refractivity contribution < 1.29 is 43.0 Å². The monoisotopic (exact) mass is 844 g/mol. The quantitative estimate of drug-likeness (QED) is 0.0420. The normalized spacial score (nSPS) is 17.0. The highest BCUT2D eigenvalue weighted by atomic mass is 16.6. The molecule has 320 valence electrons. The zero-order valence-corrected chi connectivity index (χ0v) is 33.9. The third-order valence-electron chi connectivity index (χ3n) is 10.6. The summed E-state index contributed by atoms with van der Waals surface area (Å²) in [5.41, 5.74) is 3.44. The minimum absolute atomic E-state index is 0.0560. The summed E-state index contributed by atoms with van der Waals surface area (Å²) < 4.78 is 17.3. The molecule has 8 rings (SSSR count). The molecule has 3 aliphatic rings. The Bertz CT molecular complexity index is 2530. The lowest BCUT2D eigenvalue weighted by atomic mass is 9.95. The van der Waals surface area contributed by atoms with Crippen LogP contribution in [0.4, 0.5) is 23.1 Å². The lowest BCUT2D eigenvalue weighted by Crippen LogP contribution is -2.54. The Morgan fingerprint density at radius 1 is 0.903 bits per heavy atom. The van der Waals surface area contributed by atoms with E-state index in [1.807, 2.05) is 50.2 Å². The van der Waals surface area contributed by atoms with Crippen LogP contribution in [0, 0.1) is 0 Å². The average Bonchev–Trinajstić information content (AvgIpc) is 3.90. The van der Waals surface area contributed by atoms with E-state index in [1.54, 1.807) is 36.5 Å². The second kappa shape index (κ2) is 17.9. The average molecular weight is 845 g/mol. The highest BCUT2D eigenvalue weighted by Crippen LogP contribution is 2.38. The number of amides is 4. The summed E-state index contributed by atoms with van der Waals surface area (Å²) in [6.07, 6.45) is 2.14. The fraction of sp³-hybridized carbons (Fsp3) is 0.326. The minimum Gasteiger partial charge on any atom is -0.451 e. The molecule has 0 spiro atoms. The number of hydrogen-bond acceptors (Lipinski definition) is 17. The molecule has 5 heterocycles. The molecule has 1 fully saturated rings.